The first-order valence-corrected chi connectivity index (χ1v) is 5.70. The molecule has 1 rings (SSSR count). The normalized spacial score (nSPS) is 25.3. The highest BCUT2D eigenvalue weighted by Crippen LogP contribution is 2.24. The van der Waals surface area contributed by atoms with Crippen LogP contribution < -0.4 is 5.32 Å². The number of rotatable bonds is 7. The molecule has 1 saturated carbocycles. The lowest BCUT2D eigenvalue weighted by molar-refractivity contribution is 0.0903. The fourth-order valence-electron chi connectivity index (χ4n) is 1.99. The first kappa shape index (κ1) is 12.4. The Morgan fingerprint density at radius 3 is 3.00 bits per heavy atom. The number of nitrogens with zero attached hydrogens (tertiary/aromatic N) is 1. The van der Waals surface area contributed by atoms with Crippen LogP contribution >= 0.6 is 0 Å². The van der Waals surface area contributed by atoms with Gasteiger partial charge in [-0.25, -0.2) is 0 Å². The second kappa shape index (κ2) is 7.63. The van der Waals surface area contributed by atoms with Crippen molar-refractivity contribution in [2.45, 2.75) is 31.7 Å². The van der Waals surface area contributed by atoms with Crippen molar-refractivity contribution in [3.63, 3.8) is 0 Å². The monoisotopic (exact) mass is 212 g/mol. The van der Waals surface area contributed by atoms with Crippen molar-refractivity contribution in [2.24, 2.45) is 5.92 Å². The van der Waals surface area contributed by atoms with E-state index in [1.165, 1.54) is 0 Å². The summed E-state index contributed by atoms with van der Waals surface area (Å²) in [4.78, 5) is 0. The number of nitrogens with one attached hydrogen (secondary N) is 1. The lowest BCUT2D eigenvalue weighted by Gasteiger charge is -2.15. The molecule has 2 atom stereocenters. The number of aliphatic hydroxyl groups is 1. The Labute approximate surface area is 91.2 Å². The average Bonchev–Trinajstić information content (AvgIpc) is 2.70. The van der Waals surface area contributed by atoms with Crippen molar-refractivity contribution in [3.05, 3.63) is 0 Å². The molecule has 4 heteroatoms. The van der Waals surface area contributed by atoms with Gasteiger partial charge in [0.2, 0.25) is 0 Å². The first-order valence-electron chi connectivity index (χ1n) is 5.70. The van der Waals surface area contributed by atoms with E-state index in [0.29, 0.717) is 19.3 Å². The van der Waals surface area contributed by atoms with E-state index in [9.17, 15) is 0 Å². The van der Waals surface area contributed by atoms with Gasteiger partial charge >= 0.3 is 0 Å². The standard InChI is InChI=1S/C11H20N2O2/c12-9-10-3-1-4-11(10)13-5-2-7-15-8-6-14/h10-11,13-14H,1-8H2. The quantitative estimate of drug-likeness (QED) is 0.609. The van der Waals surface area contributed by atoms with Gasteiger partial charge in [-0.3, -0.25) is 0 Å². The Kier molecular flexibility index (Phi) is 6.33. The number of hydrogen-bond donors (Lipinski definition) is 2. The lowest BCUT2D eigenvalue weighted by Crippen LogP contribution is -2.32. The molecule has 86 valence electrons. The van der Waals surface area contributed by atoms with Crippen molar-refractivity contribution >= 4 is 0 Å². The van der Waals surface area contributed by atoms with Gasteiger partial charge in [0.05, 0.1) is 25.2 Å². The van der Waals surface area contributed by atoms with Crippen molar-refractivity contribution in [3.8, 4) is 6.07 Å². The van der Waals surface area contributed by atoms with Crippen LogP contribution in [-0.2, 0) is 4.74 Å². The van der Waals surface area contributed by atoms with Crippen LogP contribution in [0.2, 0.25) is 0 Å². The molecule has 1 aliphatic rings. The third-order valence-electron chi connectivity index (χ3n) is 2.79. The van der Waals surface area contributed by atoms with E-state index < -0.39 is 0 Å². The van der Waals surface area contributed by atoms with Crippen LogP contribution in [0.15, 0.2) is 0 Å². The molecule has 0 radical (unpaired) electrons. The van der Waals surface area contributed by atoms with Crippen LogP contribution in [0.25, 0.3) is 0 Å². The van der Waals surface area contributed by atoms with E-state index >= 15 is 0 Å². The molecule has 4 nitrogen and oxygen atoms in total. The fraction of sp³-hybridized carbons (Fsp3) is 0.909. The minimum Gasteiger partial charge on any atom is -0.394 e. The maximum absolute atomic E-state index is 8.87. The van der Waals surface area contributed by atoms with E-state index in [1.54, 1.807) is 0 Å². The van der Waals surface area contributed by atoms with Crippen molar-refractivity contribution < 1.29 is 9.84 Å². The number of aliphatic hydroxyl groups excluding tert-OH is 1. The van der Waals surface area contributed by atoms with E-state index in [0.717, 1.165) is 32.2 Å². The lowest BCUT2D eigenvalue weighted by atomic mass is 10.1. The molecule has 1 fully saturated rings. The second-order valence-electron chi connectivity index (χ2n) is 3.92. The Morgan fingerprint density at radius 2 is 2.27 bits per heavy atom. The maximum Gasteiger partial charge on any atom is 0.0697 e. The third-order valence-corrected chi connectivity index (χ3v) is 2.79. The molecule has 0 amide bonds. The SMILES string of the molecule is N#CC1CCCC1NCCCOCCO. The van der Waals surface area contributed by atoms with Gasteiger partial charge in [0.15, 0.2) is 0 Å². The smallest absolute Gasteiger partial charge is 0.0697 e. The van der Waals surface area contributed by atoms with E-state index in [-0.39, 0.29) is 12.5 Å². The van der Waals surface area contributed by atoms with Gasteiger partial charge < -0.3 is 15.2 Å². The summed E-state index contributed by atoms with van der Waals surface area (Å²) < 4.78 is 5.15. The van der Waals surface area contributed by atoms with Crippen LogP contribution in [0, 0.1) is 17.2 Å². The third kappa shape index (κ3) is 4.61. The van der Waals surface area contributed by atoms with E-state index in [1.807, 2.05) is 0 Å². The van der Waals surface area contributed by atoms with Crippen LogP contribution in [0.4, 0.5) is 0 Å². The molecular weight excluding hydrogens is 192 g/mol. The molecule has 0 aromatic rings. The van der Waals surface area contributed by atoms with Crippen molar-refractivity contribution in [1.82, 2.24) is 5.32 Å². The molecule has 15 heavy (non-hydrogen) atoms. The molecule has 2 N–H and O–H groups in total. The summed E-state index contributed by atoms with van der Waals surface area (Å²) >= 11 is 0. The summed E-state index contributed by atoms with van der Waals surface area (Å²) in [5, 5.41) is 20.7. The highest BCUT2D eigenvalue weighted by molar-refractivity contribution is 4.96. The van der Waals surface area contributed by atoms with Gasteiger partial charge in [-0.05, 0) is 25.8 Å². The molecule has 0 saturated heterocycles. The van der Waals surface area contributed by atoms with Gasteiger partial charge in [0.1, 0.15) is 0 Å². The number of ether oxygens (including phenoxy) is 1. The van der Waals surface area contributed by atoms with Crippen molar-refractivity contribution in [2.75, 3.05) is 26.4 Å². The molecule has 0 aromatic carbocycles. The predicted molar refractivity (Wildman–Crippen MR) is 57.3 cm³/mol. The van der Waals surface area contributed by atoms with Crippen LogP contribution in [0.3, 0.4) is 0 Å². The Morgan fingerprint density at radius 1 is 1.40 bits per heavy atom. The van der Waals surface area contributed by atoms with E-state index in [2.05, 4.69) is 11.4 Å². The zero-order valence-electron chi connectivity index (χ0n) is 9.11. The Bertz CT molecular complexity index is 203. The molecule has 0 aromatic heterocycles. The fourth-order valence-corrected chi connectivity index (χ4v) is 1.99. The average molecular weight is 212 g/mol. The number of hydrogen-bond acceptors (Lipinski definition) is 4. The Hall–Kier alpha value is -0.630. The molecule has 0 bridgehead atoms. The molecule has 0 spiro atoms. The topological polar surface area (TPSA) is 65.3 Å². The van der Waals surface area contributed by atoms with Gasteiger partial charge in [-0.1, -0.05) is 6.42 Å². The highest BCUT2D eigenvalue weighted by atomic mass is 16.5. The van der Waals surface area contributed by atoms with Gasteiger partial charge in [0, 0.05) is 12.6 Å². The predicted octanol–water partition coefficient (Wildman–Crippen LogP) is 0.667. The minimum atomic E-state index is 0.0898. The summed E-state index contributed by atoms with van der Waals surface area (Å²) in [6.45, 7) is 2.09. The first-order chi connectivity index (χ1) is 7.38. The van der Waals surface area contributed by atoms with Gasteiger partial charge in [0.25, 0.3) is 0 Å². The molecular formula is C11H20N2O2. The Balaban J connectivity index is 1.98. The van der Waals surface area contributed by atoms with E-state index in [4.69, 9.17) is 15.1 Å². The zero-order valence-corrected chi connectivity index (χ0v) is 9.11. The molecule has 0 heterocycles. The largest absolute Gasteiger partial charge is 0.394 e. The highest BCUT2D eigenvalue weighted by Gasteiger charge is 2.25. The maximum atomic E-state index is 8.87. The summed E-state index contributed by atoms with van der Waals surface area (Å²) in [5.41, 5.74) is 0. The zero-order chi connectivity index (χ0) is 10.9. The van der Waals surface area contributed by atoms with Crippen LogP contribution in [0.5, 0.6) is 0 Å². The summed E-state index contributed by atoms with van der Waals surface area (Å²) in [6, 6.07) is 2.73. The summed E-state index contributed by atoms with van der Waals surface area (Å²) in [7, 11) is 0. The minimum absolute atomic E-state index is 0.0898. The molecule has 0 aliphatic heterocycles. The second-order valence-corrected chi connectivity index (χ2v) is 3.92. The van der Waals surface area contributed by atoms with Crippen LogP contribution in [-0.4, -0.2) is 37.5 Å². The summed E-state index contributed by atoms with van der Waals surface area (Å²) in [5.74, 6) is 0.198. The number of nitriles is 1. The van der Waals surface area contributed by atoms with Gasteiger partial charge in [-0.2, -0.15) is 5.26 Å². The van der Waals surface area contributed by atoms with Crippen LogP contribution in [0.1, 0.15) is 25.7 Å². The van der Waals surface area contributed by atoms with Gasteiger partial charge in [-0.15, -0.1) is 0 Å². The molecule has 2 unspecified atom stereocenters. The van der Waals surface area contributed by atoms with Crippen molar-refractivity contribution in [1.29, 1.82) is 5.26 Å². The molecule has 1 aliphatic carbocycles. The summed E-state index contributed by atoms with van der Waals surface area (Å²) in [6.07, 6.45) is 4.26.